The van der Waals surface area contributed by atoms with Crippen LogP contribution < -0.4 is 5.32 Å². The molecule has 0 unspecified atom stereocenters. The van der Waals surface area contributed by atoms with Gasteiger partial charge in [0.25, 0.3) is 0 Å². The Hall–Kier alpha value is -0.0800. The number of fused-ring (bicyclic) bond motifs is 1. The van der Waals surface area contributed by atoms with Crippen molar-refractivity contribution in [1.29, 1.82) is 0 Å². The van der Waals surface area contributed by atoms with Crippen LogP contribution in [0.4, 0.5) is 0 Å². The van der Waals surface area contributed by atoms with Crippen LogP contribution in [0.25, 0.3) is 0 Å². The van der Waals surface area contributed by atoms with Gasteiger partial charge in [0.15, 0.2) is 0 Å². The first-order valence-corrected chi connectivity index (χ1v) is 4.41. The Kier molecular flexibility index (Phi) is 1.91. The predicted molar refractivity (Wildman–Crippen MR) is 41.8 cm³/mol. The molecule has 2 heteroatoms. The van der Waals surface area contributed by atoms with Gasteiger partial charge in [-0.2, -0.15) is 0 Å². The smallest absolute Gasteiger partial charge is 0.0483 e. The van der Waals surface area contributed by atoms with Crippen molar-refractivity contribution < 1.29 is 0 Å². The Labute approximate surface area is 62.6 Å². The number of nitrogens with one attached hydrogen (secondary N) is 1. The largest absolute Gasteiger partial charge is 0.304 e. The summed E-state index contributed by atoms with van der Waals surface area (Å²) in [6, 6.07) is 0.926. The third-order valence-electron chi connectivity index (χ3n) is 2.72. The Bertz CT molecular complexity index is 87.8. The summed E-state index contributed by atoms with van der Waals surface area (Å²) in [4.78, 5) is 2.59. The van der Waals surface area contributed by atoms with Gasteiger partial charge in [-0.3, -0.25) is 4.90 Å². The van der Waals surface area contributed by atoms with Crippen molar-refractivity contribution in [3.05, 3.63) is 0 Å². The van der Waals surface area contributed by atoms with Crippen molar-refractivity contribution >= 4 is 0 Å². The maximum absolute atomic E-state index is 3.41. The number of piperidine rings is 1. The van der Waals surface area contributed by atoms with E-state index in [0.29, 0.717) is 0 Å². The van der Waals surface area contributed by atoms with Crippen LogP contribution in [0, 0.1) is 0 Å². The zero-order valence-corrected chi connectivity index (χ0v) is 6.47. The molecule has 10 heavy (non-hydrogen) atoms. The molecule has 2 aliphatic rings. The minimum absolute atomic E-state index is 0.926. The van der Waals surface area contributed by atoms with Crippen molar-refractivity contribution in [2.45, 2.75) is 31.7 Å². The molecule has 2 heterocycles. The molecular weight excluding hydrogens is 124 g/mol. The van der Waals surface area contributed by atoms with Gasteiger partial charge in [0.2, 0.25) is 0 Å². The van der Waals surface area contributed by atoms with Crippen molar-refractivity contribution in [1.82, 2.24) is 10.2 Å². The summed E-state index contributed by atoms with van der Waals surface area (Å²) in [5, 5.41) is 3.41. The van der Waals surface area contributed by atoms with Gasteiger partial charge in [0, 0.05) is 12.7 Å². The molecule has 0 aromatic heterocycles. The van der Waals surface area contributed by atoms with Crippen molar-refractivity contribution in [3.8, 4) is 0 Å². The molecule has 0 aromatic carbocycles. The predicted octanol–water partition coefficient (Wildman–Crippen LogP) is 0.792. The standard InChI is InChI=1S/C8H16N2/c1-2-6-10-7-9-5-4-8(10)3-1/h8-9H,1-7H2/t8-/m0/s1. The van der Waals surface area contributed by atoms with E-state index in [9.17, 15) is 0 Å². The summed E-state index contributed by atoms with van der Waals surface area (Å²) in [6.07, 6.45) is 5.70. The second-order valence-electron chi connectivity index (χ2n) is 3.41. The van der Waals surface area contributed by atoms with Crippen LogP contribution in [-0.2, 0) is 0 Å². The fraction of sp³-hybridized carbons (Fsp3) is 1.00. The second kappa shape index (κ2) is 2.89. The highest BCUT2D eigenvalue weighted by Gasteiger charge is 2.23. The van der Waals surface area contributed by atoms with Crippen LogP contribution in [0.3, 0.4) is 0 Å². The first-order valence-electron chi connectivity index (χ1n) is 4.41. The van der Waals surface area contributed by atoms with E-state index in [4.69, 9.17) is 0 Å². The molecular formula is C8H16N2. The molecule has 0 aliphatic carbocycles. The molecule has 58 valence electrons. The lowest BCUT2D eigenvalue weighted by Gasteiger charge is -2.39. The summed E-state index contributed by atoms with van der Waals surface area (Å²) >= 11 is 0. The molecule has 0 bridgehead atoms. The van der Waals surface area contributed by atoms with E-state index in [1.165, 1.54) is 38.8 Å². The zero-order valence-electron chi connectivity index (χ0n) is 6.47. The van der Waals surface area contributed by atoms with Gasteiger partial charge in [-0.15, -0.1) is 0 Å². The maximum Gasteiger partial charge on any atom is 0.0483 e. The molecule has 2 fully saturated rings. The zero-order chi connectivity index (χ0) is 6.81. The average Bonchev–Trinajstić information content (AvgIpc) is 2.05. The van der Waals surface area contributed by atoms with Gasteiger partial charge in [-0.1, -0.05) is 6.42 Å². The van der Waals surface area contributed by atoms with Gasteiger partial charge >= 0.3 is 0 Å². The lowest BCUT2D eigenvalue weighted by atomic mass is 9.99. The van der Waals surface area contributed by atoms with E-state index in [2.05, 4.69) is 10.2 Å². The van der Waals surface area contributed by atoms with E-state index in [-0.39, 0.29) is 0 Å². The summed E-state index contributed by atoms with van der Waals surface area (Å²) in [5.41, 5.74) is 0. The van der Waals surface area contributed by atoms with E-state index in [1.807, 2.05) is 0 Å². The molecule has 2 aliphatic heterocycles. The maximum atomic E-state index is 3.41. The summed E-state index contributed by atoms with van der Waals surface area (Å²) < 4.78 is 0. The minimum atomic E-state index is 0.926. The molecule has 0 aromatic rings. The summed E-state index contributed by atoms with van der Waals surface area (Å²) in [5.74, 6) is 0. The van der Waals surface area contributed by atoms with E-state index >= 15 is 0 Å². The van der Waals surface area contributed by atoms with Gasteiger partial charge in [-0.25, -0.2) is 0 Å². The highest BCUT2D eigenvalue weighted by molar-refractivity contribution is 4.80. The highest BCUT2D eigenvalue weighted by Crippen LogP contribution is 2.20. The average molecular weight is 140 g/mol. The Morgan fingerprint density at radius 1 is 1.20 bits per heavy atom. The Morgan fingerprint density at radius 3 is 3.10 bits per heavy atom. The third kappa shape index (κ3) is 1.18. The van der Waals surface area contributed by atoms with Crippen LogP contribution in [0.1, 0.15) is 25.7 Å². The Morgan fingerprint density at radius 2 is 2.20 bits per heavy atom. The summed E-state index contributed by atoms with van der Waals surface area (Å²) in [6.45, 7) is 3.71. The van der Waals surface area contributed by atoms with Gasteiger partial charge < -0.3 is 5.32 Å². The fourth-order valence-corrected chi connectivity index (χ4v) is 2.09. The molecule has 1 N–H and O–H groups in total. The topological polar surface area (TPSA) is 15.3 Å². The normalized spacial score (nSPS) is 35.4. The number of nitrogens with zero attached hydrogens (tertiary/aromatic N) is 1. The van der Waals surface area contributed by atoms with Crippen LogP contribution >= 0.6 is 0 Å². The van der Waals surface area contributed by atoms with Crippen molar-refractivity contribution in [3.63, 3.8) is 0 Å². The van der Waals surface area contributed by atoms with Crippen molar-refractivity contribution in [2.75, 3.05) is 19.8 Å². The van der Waals surface area contributed by atoms with E-state index in [1.54, 1.807) is 0 Å². The molecule has 0 spiro atoms. The monoisotopic (exact) mass is 140 g/mol. The van der Waals surface area contributed by atoms with E-state index < -0.39 is 0 Å². The quantitative estimate of drug-likeness (QED) is 0.535. The van der Waals surface area contributed by atoms with Gasteiger partial charge in [-0.05, 0) is 32.4 Å². The molecule has 0 amide bonds. The van der Waals surface area contributed by atoms with Gasteiger partial charge in [0.1, 0.15) is 0 Å². The SMILES string of the molecule is C1CCN2CNCC[C@@H]2C1. The number of hydrogen-bond acceptors (Lipinski definition) is 2. The molecule has 0 radical (unpaired) electrons. The lowest BCUT2D eigenvalue weighted by molar-refractivity contribution is 0.101. The highest BCUT2D eigenvalue weighted by atomic mass is 15.3. The molecule has 1 atom stereocenters. The van der Waals surface area contributed by atoms with Crippen LogP contribution in [0.2, 0.25) is 0 Å². The number of rotatable bonds is 0. The van der Waals surface area contributed by atoms with Gasteiger partial charge in [0.05, 0.1) is 0 Å². The molecule has 2 rings (SSSR count). The third-order valence-corrected chi connectivity index (χ3v) is 2.72. The van der Waals surface area contributed by atoms with E-state index in [0.717, 1.165) is 12.7 Å². The number of hydrogen-bond donors (Lipinski definition) is 1. The Balaban J connectivity index is 1.93. The molecule has 0 saturated carbocycles. The second-order valence-corrected chi connectivity index (χ2v) is 3.41. The molecule has 2 nitrogen and oxygen atoms in total. The first kappa shape index (κ1) is 6.62. The minimum Gasteiger partial charge on any atom is -0.304 e. The van der Waals surface area contributed by atoms with Crippen LogP contribution in [-0.4, -0.2) is 30.7 Å². The molecule has 2 saturated heterocycles. The fourth-order valence-electron chi connectivity index (χ4n) is 2.09. The first-order chi connectivity index (χ1) is 4.97. The summed E-state index contributed by atoms with van der Waals surface area (Å²) in [7, 11) is 0. The van der Waals surface area contributed by atoms with Crippen LogP contribution in [0.15, 0.2) is 0 Å². The van der Waals surface area contributed by atoms with Crippen LogP contribution in [0.5, 0.6) is 0 Å². The lowest BCUT2D eigenvalue weighted by Crippen LogP contribution is -2.50. The van der Waals surface area contributed by atoms with Crippen molar-refractivity contribution in [2.24, 2.45) is 0 Å².